The summed E-state index contributed by atoms with van der Waals surface area (Å²) in [5.41, 5.74) is 4.76. The maximum absolute atomic E-state index is 2.44. The molecule has 14 heavy (non-hydrogen) atoms. The molecule has 0 saturated carbocycles. The van der Waals surface area contributed by atoms with E-state index in [1.165, 1.54) is 32.1 Å². The van der Waals surface area contributed by atoms with Gasteiger partial charge in [0.15, 0.2) is 0 Å². The molecule has 76 valence electrons. The third-order valence-corrected chi connectivity index (χ3v) is 3.40. The van der Waals surface area contributed by atoms with E-state index in [2.05, 4.69) is 32.0 Å². The zero-order chi connectivity index (χ0) is 9.97. The highest BCUT2D eigenvalue weighted by Gasteiger charge is 2.17. The van der Waals surface area contributed by atoms with E-state index in [1.807, 2.05) is 0 Å². The molecule has 2 rings (SSSR count). The molecule has 1 atom stereocenters. The van der Waals surface area contributed by atoms with Gasteiger partial charge < -0.3 is 0 Å². The predicted octanol–water partition coefficient (Wildman–Crippen LogP) is 4.08. The van der Waals surface area contributed by atoms with Crippen molar-refractivity contribution in [2.24, 2.45) is 0 Å². The second-order valence-corrected chi connectivity index (χ2v) is 4.58. The summed E-state index contributed by atoms with van der Waals surface area (Å²) in [5, 5.41) is 0. The molecule has 1 aliphatic carbocycles. The van der Waals surface area contributed by atoms with Gasteiger partial charge in [0, 0.05) is 0 Å². The Labute approximate surface area is 87.3 Å². The SMILES string of the molecule is CCCCc1ccc2c(c1)CCC2C. The molecule has 0 aromatic heterocycles. The second kappa shape index (κ2) is 4.16. The first-order valence-corrected chi connectivity index (χ1v) is 5.93. The maximum atomic E-state index is 2.44. The molecule has 1 unspecified atom stereocenters. The first-order chi connectivity index (χ1) is 6.81. The molecule has 0 radical (unpaired) electrons. The Bertz CT molecular complexity index is 312. The number of hydrogen-bond donors (Lipinski definition) is 0. The van der Waals surface area contributed by atoms with Crippen molar-refractivity contribution in [3.8, 4) is 0 Å². The molecule has 0 aliphatic heterocycles. The first kappa shape index (κ1) is 9.76. The minimum Gasteiger partial charge on any atom is -0.0654 e. The minimum atomic E-state index is 0.797. The van der Waals surface area contributed by atoms with Gasteiger partial charge in [0.1, 0.15) is 0 Å². The molecular formula is C14H20. The third-order valence-electron chi connectivity index (χ3n) is 3.40. The summed E-state index contributed by atoms with van der Waals surface area (Å²) in [6.45, 7) is 4.60. The van der Waals surface area contributed by atoms with Crippen molar-refractivity contribution in [2.45, 2.75) is 51.9 Å². The number of hydrogen-bond acceptors (Lipinski definition) is 0. The molecule has 0 heterocycles. The summed E-state index contributed by atoms with van der Waals surface area (Å²) in [6, 6.07) is 7.13. The number of fused-ring (bicyclic) bond motifs is 1. The monoisotopic (exact) mass is 188 g/mol. The Hall–Kier alpha value is -0.780. The quantitative estimate of drug-likeness (QED) is 0.670. The standard InChI is InChI=1S/C14H20/c1-3-4-5-12-7-9-14-11(2)6-8-13(14)10-12/h7,9-11H,3-6,8H2,1-2H3. The van der Waals surface area contributed by atoms with Crippen LogP contribution in [0.4, 0.5) is 0 Å². The number of rotatable bonds is 3. The lowest BCUT2D eigenvalue weighted by Crippen LogP contribution is -1.90. The average molecular weight is 188 g/mol. The lowest BCUT2D eigenvalue weighted by Gasteiger charge is -2.06. The Kier molecular flexibility index (Phi) is 2.90. The zero-order valence-corrected chi connectivity index (χ0v) is 9.34. The topological polar surface area (TPSA) is 0 Å². The molecule has 0 amide bonds. The van der Waals surface area contributed by atoms with Crippen molar-refractivity contribution in [3.63, 3.8) is 0 Å². The predicted molar refractivity (Wildman–Crippen MR) is 61.8 cm³/mol. The van der Waals surface area contributed by atoms with Gasteiger partial charge in [0.2, 0.25) is 0 Å². The highest BCUT2D eigenvalue weighted by atomic mass is 14.2. The van der Waals surface area contributed by atoms with Crippen LogP contribution in [0.3, 0.4) is 0 Å². The Balaban J connectivity index is 2.15. The van der Waals surface area contributed by atoms with Crippen LogP contribution in [0.1, 0.15) is 55.7 Å². The number of aryl methyl sites for hydroxylation is 2. The highest BCUT2D eigenvalue weighted by Crippen LogP contribution is 2.33. The first-order valence-electron chi connectivity index (χ1n) is 5.93. The molecule has 1 aromatic rings. The van der Waals surface area contributed by atoms with Gasteiger partial charge in [-0.15, -0.1) is 0 Å². The molecule has 0 spiro atoms. The van der Waals surface area contributed by atoms with Crippen LogP contribution in [0, 0.1) is 0 Å². The van der Waals surface area contributed by atoms with Crippen LogP contribution in [0.2, 0.25) is 0 Å². The van der Waals surface area contributed by atoms with E-state index < -0.39 is 0 Å². The number of unbranched alkanes of at least 4 members (excludes halogenated alkanes) is 1. The Morgan fingerprint density at radius 3 is 3.00 bits per heavy atom. The fourth-order valence-corrected chi connectivity index (χ4v) is 2.42. The summed E-state index contributed by atoms with van der Waals surface area (Å²) < 4.78 is 0. The molecule has 0 saturated heterocycles. The van der Waals surface area contributed by atoms with Crippen LogP contribution < -0.4 is 0 Å². The molecule has 0 bridgehead atoms. The van der Waals surface area contributed by atoms with Crippen LogP contribution in [0.15, 0.2) is 18.2 Å². The van der Waals surface area contributed by atoms with E-state index in [0.717, 1.165) is 5.92 Å². The fourth-order valence-electron chi connectivity index (χ4n) is 2.42. The average Bonchev–Trinajstić information content (AvgIpc) is 2.57. The van der Waals surface area contributed by atoms with Crippen LogP contribution in [0.25, 0.3) is 0 Å². The van der Waals surface area contributed by atoms with Gasteiger partial charge in [0.25, 0.3) is 0 Å². The third kappa shape index (κ3) is 1.84. The largest absolute Gasteiger partial charge is 0.0654 e. The summed E-state index contributed by atoms with van der Waals surface area (Å²) in [6.07, 6.45) is 6.54. The van der Waals surface area contributed by atoms with Crippen LogP contribution >= 0.6 is 0 Å². The van der Waals surface area contributed by atoms with Gasteiger partial charge in [-0.3, -0.25) is 0 Å². The van der Waals surface area contributed by atoms with Gasteiger partial charge in [-0.2, -0.15) is 0 Å². The fraction of sp³-hybridized carbons (Fsp3) is 0.571. The van der Waals surface area contributed by atoms with Gasteiger partial charge in [-0.25, -0.2) is 0 Å². The van der Waals surface area contributed by atoms with Crippen molar-refractivity contribution in [2.75, 3.05) is 0 Å². The number of benzene rings is 1. The van der Waals surface area contributed by atoms with E-state index in [4.69, 9.17) is 0 Å². The van der Waals surface area contributed by atoms with E-state index in [9.17, 15) is 0 Å². The summed E-state index contributed by atoms with van der Waals surface area (Å²) in [7, 11) is 0. The molecular weight excluding hydrogens is 168 g/mol. The van der Waals surface area contributed by atoms with Crippen molar-refractivity contribution in [1.29, 1.82) is 0 Å². The second-order valence-electron chi connectivity index (χ2n) is 4.58. The van der Waals surface area contributed by atoms with Crippen molar-refractivity contribution < 1.29 is 0 Å². The van der Waals surface area contributed by atoms with Crippen molar-refractivity contribution in [3.05, 3.63) is 34.9 Å². The molecule has 1 aromatic carbocycles. The zero-order valence-electron chi connectivity index (χ0n) is 9.34. The lowest BCUT2D eigenvalue weighted by atomic mass is 9.99. The molecule has 0 nitrogen and oxygen atoms in total. The van der Waals surface area contributed by atoms with Crippen LogP contribution in [-0.4, -0.2) is 0 Å². The van der Waals surface area contributed by atoms with E-state index in [-0.39, 0.29) is 0 Å². The molecule has 0 heteroatoms. The van der Waals surface area contributed by atoms with Gasteiger partial charge in [-0.1, -0.05) is 38.5 Å². The van der Waals surface area contributed by atoms with Crippen LogP contribution in [0.5, 0.6) is 0 Å². The van der Waals surface area contributed by atoms with Crippen molar-refractivity contribution in [1.82, 2.24) is 0 Å². The Morgan fingerprint density at radius 2 is 2.21 bits per heavy atom. The highest BCUT2D eigenvalue weighted by molar-refractivity contribution is 5.37. The van der Waals surface area contributed by atoms with Gasteiger partial charge in [0.05, 0.1) is 0 Å². The normalized spacial score (nSPS) is 19.7. The summed E-state index contributed by atoms with van der Waals surface area (Å²) >= 11 is 0. The molecule has 0 fully saturated rings. The lowest BCUT2D eigenvalue weighted by molar-refractivity contribution is 0.747. The maximum Gasteiger partial charge on any atom is -0.0184 e. The summed E-state index contributed by atoms with van der Waals surface area (Å²) in [5.74, 6) is 0.797. The van der Waals surface area contributed by atoms with E-state index >= 15 is 0 Å². The van der Waals surface area contributed by atoms with Crippen molar-refractivity contribution >= 4 is 0 Å². The molecule has 1 aliphatic rings. The van der Waals surface area contributed by atoms with Gasteiger partial charge in [-0.05, 0) is 48.3 Å². The van der Waals surface area contributed by atoms with Crippen LogP contribution in [-0.2, 0) is 12.8 Å². The summed E-state index contributed by atoms with van der Waals surface area (Å²) in [4.78, 5) is 0. The van der Waals surface area contributed by atoms with E-state index in [1.54, 1.807) is 16.7 Å². The minimum absolute atomic E-state index is 0.797. The Morgan fingerprint density at radius 1 is 1.36 bits per heavy atom. The smallest absolute Gasteiger partial charge is 0.0184 e. The van der Waals surface area contributed by atoms with Gasteiger partial charge >= 0.3 is 0 Å². The molecule has 0 N–H and O–H groups in total. The van der Waals surface area contributed by atoms with E-state index in [0.29, 0.717) is 0 Å².